The summed E-state index contributed by atoms with van der Waals surface area (Å²) >= 11 is 0. The number of aromatic nitrogens is 2. The molecule has 0 bridgehead atoms. The van der Waals surface area contributed by atoms with Crippen molar-refractivity contribution in [1.82, 2.24) is 9.55 Å². The molecule has 0 amide bonds. The maximum absolute atomic E-state index is 6.00. The van der Waals surface area contributed by atoms with E-state index in [4.69, 9.17) is 10.7 Å². The van der Waals surface area contributed by atoms with Crippen LogP contribution in [0.4, 0.5) is 0 Å². The number of hydrogen-bond acceptors (Lipinski definition) is 2. The maximum atomic E-state index is 6.00. The smallest absolute Gasteiger partial charge is 0.112 e. The second kappa shape index (κ2) is 4.34. The largest absolute Gasteiger partial charge is 0.331 e. The number of rotatable bonds is 3. The van der Waals surface area contributed by atoms with Gasteiger partial charge in [0.2, 0.25) is 0 Å². The molecule has 3 heteroatoms. The Hall–Kier alpha value is -1.35. The lowest BCUT2D eigenvalue weighted by atomic mass is 9.64. The van der Waals surface area contributed by atoms with Crippen molar-refractivity contribution in [1.29, 1.82) is 0 Å². The summed E-state index contributed by atoms with van der Waals surface area (Å²) in [6, 6.07) is 6.71. The lowest BCUT2D eigenvalue weighted by Crippen LogP contribution is -2.41. The first kappa shape index (κ1) is 12.7. The fraction of sp³-hybridized carbons (Fsp3) is 0.562. The molecule has 2 aromatic rings. The van der Waals surface area contributed by atoms with Gasteiger partial charge in [0, 0.05) is 24.9 Å². The predicted molar refractivity (Wildman–Crippen MR) is 79.4 cm³/mol. The van der Waals surface area contributed by atoms with Crippen LogP contribution in [0.15, 0.2) is 18.2 Å². The van der Waals surface area contributed by atoms with Gasteiger partial charge in [-0.2, -0.15) is 0 Å². The Labute approximate surface area is 114 Å². The summed E-state index contributed by atoms with van der Waals surface area (Å²) in [5, 5.41) is 0. The van der Waals surface area contributed by atoms with Crippen molar-refractivity contribution in [3.63, 3.8) is 0 Å². The zero-order valence-electron chi connectivity index (χ0n) is 12.1. The molecule has 1 aromatic heterocycles. The van der Waals surface area contributed by atoms with Crippen molar-refractivity contribution >= 4 is 11.0 Å². The van der Waals surface area contributed by atoms with E-state index in [0.29, 0.717) is 5.92 Å². The first-order valence-electron chi connectivity index (χ1n) is 7.24. The highest BCUT2D eigenvalue weighted by atomic mass is 15.1. The second-order valence-corrected chi connectivity index (χ2v) is 6.23. The molecule has 2 N–H and O–H groups in total. The zero-order valence-corrected chi connectivity index (χ0v) is 12.1. The van der Waals surface area contributed by atoms with Crippen molar-refractivity contribution in [3.05, 3.63) is 29.6 Å². The van der Waals surface area contributed by atoms with Crippen LogP contribution in [0.5, 0.6) is 0 Å². The third-order valence-electron chi connectivity index (χ3n) is 4.75. The summed E-state index contributed by atoms with van der Waals surface area (Å²) in [6.45, 7) is 5.13. The molecular formula is C16H23N3. The minimum absolute atomic E-state index is 0.226. The Morgan fingerprint density at radius 1 is 1.37 bits per heavy atom. The molecule has 0 aliphatic heterocycles. The normalized spacial score (nSPS) is 17.9. The molecule has 1 aliphatic carbocycles. The average Bonchev–Trinajstić information content (AvgIpc) is 2.66. The Bertz CT molecular complexity index is 600. The van der Waals surface area contributed by atoms with Crippen LogP contribution in [0, 0.1) is 0 Å². The van der Waals surface area contributed by atoms with E-state index in [-0.39, 0.29) is 5.41 Å². The summed E-state index contributed by atoms with van der Waals surface area (Å²) in [7, 11) is 2.10. The van der Waals surface area contributed by atoms with Gasteiger partial charge in [0.25, 0.3) is 0 Å². The molecule has 0 atom stereocenters. The number of aryl methyl sites for hydroxylation is 1. The van der Waals surface area contributed by atoms with Crippen molar-refractivity contribution in [2.45, 2.75) is 44.4 Å². The zero-order chi connectivity index (χ0) is 13.6. The monoisotopic (exact) mass is 257 g/mol. The van der Waals surface area contributed by atoms with Gasteiger partial charge in [-0.1, -0.05) is 26.3 Å². The molecule has 3 rings (SSSR count). The van der Waals surface area contributed by atoms with Crippen LogP contribution in [0.3, 0.4) is 0 Å². The number of nitrogens with zero attached hydrogens (tertiary/aromatic N) is 2. The second-order valence-electron chi connectivity index (χ2n) is 6.23. The van der Waals surface area contributed by atoms with E-state index in [1.165, 1.54) is 30.3 Å². The Morgan fingerprint density at radius 3 is 2.63 bits per heavy atom. The topological polar surface area (TPSA) is 43.8 Å². The summed E-state index contributed by atoms with van der Waals surface area (Å²) in [5.74, 6) is 1.61. The quantitative estimate of drug-likeness (QED) is 0.918. The van der Waals surface area contributed by atoms with Crippen molar-refractivity contribution in [3.8, 4) is 0 Å². The lowest BCUT2D eigenvalue weighted by Gasteiger charge is -2.41. The maximum Gasteiger partial charge on any atom is 0.112 e. The highest BCUT2D eigenvalue weighted by molar-refractivity contribution is 5.77. The lowest BCUT2D eigenvalue weighted by molar-refractivity contribution is 0.253. The van der Waals surface area contributed by atoms with Crippen LogP contribution in [-0.2, 0) is 12.5 Å². The summed E-state index contributed by atoms with van der Waals surface area (Å²) in [5.41, 5.74) is 9.94. The van der Waals surface area contributed by atoms with Gasteiger partial charge in [-0.25, -0.2) is 4.98 Å². The number of benzene rings is 1. The first-order valence-corrected chi connectivity index (χ1v) is 7.24. The van der Waals surface area contributed by atoms with Gasteiger partial charge in [-0.05, 0) is 30.5 Å². The van der Waals surface area contributed by atoms with Gasteiger partial charge in [0.1, 0.15) is 5.82 Å². The average molecular weight is 257 g/mol. The molecule has 0 radical (unpaired) electrons. The van der Waals surface area contributed by atoms with Gasteiger partial charge >= 0.3 is 0 Å². The van der Waals surface area contributed by atoms with Crippen molar-refractivity contribution in [2.75, 3.05) is 6.54 Å². The minimum Gasteiger partial charge on any atom is -0.331 e. The van der Waals surface area contributed by atoms with Crippen LogP contribution in [-0.4, -0.2) is 16.1 Å². The van der Waals surface area contributed by atoms with E-state index in [0.717, 1.165) is 17.9 Å². The van der Waals surface area contributed by atoms with Crippen molar-refractivity contribution < 1.29 is 0 Å². The van der Waals surface area contributed by atoms with Gasteiger partial charge in [-0.3, -0.25) is 0 Å². The van der Waals surface area contributed by atoms with Crippen LogP contribution >= 0.6 is 0 Å². The fourth-order valence-corrected chi connectivity index (χ4v) is 3.28. The van der Waals surface area contributed by atoms with Gasteiger partial charge in [-0.15, -0.1) is 0 Å². The third kappa shape index (κ3) is 1.79. The van der Waals surface area contributed by atoms with E-state index in [2.05, 4.69) is 43.7 Å². The molecule has 1 aromatic carbocycles. The van der Waals surface area contributed by atoms with Crippen LogP contribution in [0.2, 0.25) is 0 Å². The molecule has 0 spiro atoms. The number of fused-ring (bicyclic) bond motifs is 1. The number of imidazole rings is 1. The van der Waals surface area contributed by atoms with E-state index in [1.807, 2.05) is 0 Å². The summed E-state index contributed by atoms with van der Waals surface area (Å²) < 4.78 is 2.21. The SMILES string of the molecule is CC(C)c1nc2cc(C3(CN)CCC3)ccc2n1C. The third-order valence-corrected chi connectivity index (χ3v) is 4.75. The van der Waals surface area contributed by atoms with E-state index >= 15 is 0 Å². The number of hydrogen-bond donors (Lipinski definition) is 1. The van der Waals surface area contributed by atoms with Crippen LogP contribution < -0.4 is 5.73 Å². The molecular weight excluding hydrogens is 234 g/mol. The molecule has 1 saturated carbocycles. The Kier molecular flexibility index (Phi) is 2.90. The van der Waals surface area contributed by atoms with Gasteiger partial charge in [0.15, 0.2) is 0 Å². The fourth-order valence-electron chi connectivity index (χ4n) is 3.28. The van der Waals surface area contributed by atoms with E-state index < -0.39 is 0 Å². The summed E-state index contributed by atoms with van der Waals surface area (Å²) in [6.07, 6.45) is 3.74. The first-order chi connectivity index (χ1) is 9.07. The van der Waals surface area contributed by atoms with Crippen molar-refractivity contribution in [2.24, 2.45) is 12.8 Å². The standard InChI is InChI=1S/C16H23N3/c1-11(2)15-18-13-9-12(5-6-14(13)19(15)3)16(10-17)7-4-8-16/h5-6,9,11H,4,7-8,10,17H2,1-3H3. The van der Waals surface area contributed by atoms with Crippen LogP contribution in [0.25, 0.3) is 11.0 Å². The molecule has 0 unspecified atom stereocenters. The summed E-state index contributed by atoms with van der Waals surface area (Å²) in [4.78, 5) is 4.80. The molecule has 102 valence electrons. The van der Waals surface area contributed by atoms with Gasteiger partial charge < -0.3 is 10.3 Å². The predicted octanol–water partition coefficient (Wildman–Crippen LogP) is 3.08. The van der Waals surface area contributed by atoms with E-state index in [9.17, 15) is 0 Å². The Balaban J connectivity index is 2.11. The highest BCUT2D eigenvalue weighted by Gasteiger charge is 2.37. The molecule has 1 fully saturated rings. The molecule has 3 nitrogen and oxygen atoms in total. The molecule has 19 heavy (non-hydrogen) atoms. The van der Waals surface area contributed by atoms with Crippen LogP contribution in [0.1, 0.15) is 50.4 Å². The molecule has 0 saturated heterocycles. The minimum atomic E-state index is 0.226. The molecule has 1 heterocycles. The Morgan fingerprint density at radius 2 is 2.11 bits per heavy atom. The molecule has 1 aliphatic rings. The van der Waals surface area contributed by atoms with Gasteiger partial charge in [0.05, 0.1) is 11.0 Å². The number of nitrogens with two attached hydrogens (primary N) is 1. The van der Waals surface area contributed by atoms with E-state index in [1.54, 1.807) is 0 Å². The highest BCUT2D eigenvalue weighted by Crippen LogP contribution is 2.43.